The first-order chi connectivity index (χ1) is 8.83. The second-order valence-electron chi connectivity index (χ2n) is 5.41. The highest BCUT2D eigenvalue weighted by atomic mass is 16.5. The Morgan fingerprint density at radius 2 is 2.00 bits per heavy atom. The van der Waals surface area contributed by atoms with Crippen LogP contribution in [-0.2, 0) is 9.53 Å². The molecule has 0 N–H and O–H groups in total. The van der Waals surface area contributed by atoms with Crippen LogP contribution < -0.4 is 0 Å². The average Bonchev–Trinajstić information content (AvgIpc) is 2.38. The Hall–Kier alpha value is -0.830. The number of likely N-dealkylation sites (tertiary alicyclic amines) is 1. The topological polar surface area (TPSA) is 29.5 Å². The highest BCUT2D eigenvalue weighted by Crippen LogP contribution is 2.25. The number of carbonyl (C=O) groups is 1. The van der Waals surface area contributed by atoms with Gasteiger partial charge in [-0.2, -0.15) is 0 Å². The number of hydrogen-bond acceptors (Lipinski definition) is 3. The normalized spacial score (nSPS) is 32.3. The summed E-state index contributed by atoms with van der Waals surface area (Å²) in [6.07, 6.45) is 14.2. The van der Waals surface area contributed by atoms with Crippen molar-refractivity contribution in [2.24, 2.45) is 0 Å². The number of rotatable bonds is 2. The lowest BCUT2D eigenvalue weighted by atomic mass is 9.95. The predicted octanol–water partition coefficient (Wildman–Crippen LogP) is 2.90. The zero-order valence-corrected chi connectivity index (χ0v) is 11.4. The van der Waals surface area contributed by atoms with Gasteiger partial charge in [-0.25, -0.2) is 0 Å². The van der Waals surface area contributed by atoms with E-state index < -0.39 is 0 Å². The summed E-state index contributed by atoms with van der Waals surface area (Å²) in [4.78, 5) is 14.3. The minimum Gasteiger partial charge on any atom is -0.468 e. The molecule has 1 aliphatic heterocycles. The SMILES string of the molecule is COC(=O)[C@H]1CCCCN1C1/C=C/CCCCC1. The van der Waals surface area contributed by atoms with Crippen LogP contribution in [-0.4, -0.2) is 36.6 Å². The number of methoxy groups -OCH3 is 1. The minimum absolute atomic E-state index is 0.0159. The number of carbonyl (C=O) groups excluding carboxylic acids is 1. The Morgan fingerprint density at radius 3 is 2.83 bits per heavy atom. The third-order valence-corrected chi connectivity index (χ3v) is 4.17. The largest absolute Gasteiger partial charge is 0.468 e. The van der Waals surface area contributed by atoms with E-state index >= 15 is 0 Å². The summed E-state index contributed by atoms with van der Waals surface area (Å²) >= 11 is 0. The van der Waals surface area contributed by atoms with E-state index in [1.54, 1.807) is 0 Å². The van der Waals surface area contributed by atoms with Crippen molar-refractivity contribution in [1.82, 2.24) is 4.90 Å². The van der Waals surface area contributed by atoms with Gasteiger partial charge in [-0.15, -0.1) is 0 Å². The molecular formula is C15H25NO2. The number of piperidine rings is 1. The molecule has 3 nitrogen and oxygen atoms in total. The Bertz CT molecular complexity index is 301. The second-order valence-corrected chi connectivity index (χ2v) is 5.41. The highest BCUT2D eigenvalue weighted by Gasteiger charge is 2.33. The molecule has 0 saturated carbocycles. The smallest absolute Gasteiger partial charge is 0.323 e. The van der Waals surface area contributed by atoms with E-state index in [0.717, 1.165) is 19.4 Å². The van der Waals surface area contributed by atoms with Crippen molar-refractivity contribution in [2.75, 3.05) is 13.7 Å². The molecule has 0 bridgehead atoms. The van der Waals surface area contributed by atoms with Crippen LogP contribution in [0, 0.1) is 0 Å². The minimum atomic E-state index is -0.0508. The van der Waals surface area contributed by atoms with Gasteiger partial charge >= 0.3 is 5.97 Å². The van der Waals surface area contributed by atoms with Gasteiger partial charge in [-0.05, 0) is 38.6 Å². The van der Waals surface area contributed by atoms with Crippen LogP contribution in [0.1, 0.15) is 51.4 Å². The predicted molar refractivity (Wildman–Crippen MR) is 72.4 cm³/mol. The van der Waals surface area contributed by atoms with Crippen molar-refractivity contribution in [1.29, 1.82) is 0 Å². The summed E-state index contributed by atoms with van der Waals surface area (Å²) in [7, 11) is 1.50. The maximum Gasteiger partial charge on any atom is 0.323 e. The Kier molecular flexibility index (Phi) is 5.24. The Morgan fingerprint density at radius 1 is 1.17 bits per heavy atom. The standard InChI is InChI=1S/C15H25NO2/c1-18-15(17)14-11-7-8-12-16(14)13-9-5-3-2-4-6-10-13/h5,9,13-14H,2-4,6-8,10-12H2,1H3/b9-5+/t13?,14-/m1/s1. The average molecular weight is 251 g/mol. The lowest BCUT2D eigenvalue weighted by molar-refractivity contribution is -0.149. The molecule has 2 atom stereocenters. The van der Waals surface area contributed by atoms with Crippen LogP contribution in [0.25, 0.3) is 0 Å². The Balaban J connectivity index is 2.06. The summed E-state index contributed by atoms with van der Waals surface area (Å²) in [6.45, 7) is 1.04. The van der Waals surface area contributed by atoms with Crippen LogP contribution in [0.15, 0.2) is 12.2 Å². The quantitative estimate of drug-likeness (QED) is 0.558. The van der Waals surface area contributed by atoms with Gasteiger partial charge in [0.1, 0.15) is 6.04 Å². The van der Waals surface area contributed by atoms with Crippen molar-refractivity contribution < 1.29 is 9.53 Å². The summed E-state index contributed by atoms with van der Waals surface area (Å²) in [5.74, 6) is -0.0508. The van der Waals surface area contributed by atoms with Crippen LogP contribution in [0.3, 0.4) is 0 Å². The molecule has 3 heteroatoms. The van der Waals surface area contributed by atoms with Crippen molar-refractivity contribution in [2.45, 2.75) is 63.5 Å². The lowest BCUT2D eigenvalue weighted by Crippen LogP contribution is -2.50. The molecule has 1 saturated heterocycles. The molecule has 1 heterocycles. The molecule has 0 amide bonds. The van der Waals surface area contributed by atoms with Crippen molar-refractivity contribution >= 4 is 5.97 Å². The summed E-state index contributed by atoms with van der Waals surface area (Å²) in [5.41, 5.74) is 0. The van der Waals surface area contributed by atoms with E-state index in [9.17, 15) is 4.79 Å². The van der Waals surface area contributed by atoms with Crippen LogP contribution in [0.5, 0.6) is 0 Å². The first-order valence-electron chi connectivity index (χ1n) is 7.33. The van der Waals surface area contributed by atoms with Crippen molar-refractivity contribution in [3.63, 3.8) is 0 Å². The van der Waals surface area contributed by atoms with Gasteiger partial charge in [-0.3, -0.25) is 9.69 Å². The molecule has 1 fully saturated rings. The fourth-order valence-electron chi connectivity index (χ4n) is 3.16. The van der Waals surface area contributed by atoms with Gasteiger partial charge in [-0.1, -0.05) is 31.4 Å². The van der Waals surface area contributed by atoms with Gasteiger partial charge in [0.15, 0.2) is 0 Å². The van der Waals surface area contributed by atoms with Crippen LogP contribution in [0.2, 0.25) is 0 Å². The molecule has 0 spiro atoms. The van der Waals surface area contributed by atoms with E-state index in [4.69, 9.17) is 4.74 Å². The van der Waals surface area contributed by atoms with E-state index in [1.165, 1.54) is 45.6 Å². The number of nitrogens with zero attached hydrogens (tertiary/aromatic N) is 1. The highest BCUT2D eigenvalue weighted by molar-refractivity contribution is 5.75. The van der Waals surface area contributed by atoms with Gasteiger partial charge in [0, 0.05) is 6.04 Å². The summed E-state index contributed by atoms with van der Waals surface area (Å²) in [5, 5.41) is 0. The molecule has 2 rings (SSSR count). The molecule has 18 heavy (non-hydrogen) atoms. The molecule has 102 valence electrons. The summed E-state index contributed by atoms with van der Waals surface area (Å²) < 4.78 is 4.96. The zero-order chi connectivity index (χ0) is 12.8. The van der Waals surface area contributed by atoms with Crippen molar-refractivity contribution in [3.05, 3.63) is 12.2 Å². The number of allylic oxidation sites excluding steroid dienone is 1. The zero-order valence-electron chi connectivity index (χ0n) is 11.4. The number of hydrogen-bond donors (Lipinski definition) is 0. The third kappa shape index (κ3) is 3.35. The van der Waals surface area contributed by atoms with E-state index in [0.29, 0.717) is 6.04 Å². The van der Waals surface area contributed by atoms with Gasteiger partial charge in [0.2, 0.25) is 0 Å². The van der Waals surface area contributed by atoms with Crippen LogP contribution in [0.4, 0.5) is 0 Å². The van der Waals surface area contributed by atoms with E-state index in [-0.39, 0.29) is 12.0 Å². The molecular weight excluding hydrogens is 226 g/mol. The number of ether oxygens (including phenoxy) is 1. The fraction of sp³-hybridized carbons (Fsp3) is 0.800. The maximum atomic E-state index is 11.9. The first-order valence-corrected chi connectivity index (χ1v) is 7.33. The van der Waals surface area contributed by atoms with E-state index in [2.05, 4.69) is 17.1 Å². The van der Waals surface area contributed by atoms with Crippen LogP contribution >= 0.6 is 0 Å². The van der Waals surface area contributed by atoms with Crippen molar-refractivity contribution in [3.8, 4) is 0 Å². The molecule has 1 unspecified atom stereocenters. The van der Waals surface area contributed by atoms with Gasteiger partial charge < -0.3 is 4.74 Å². The van der Waals surface area contributed by atoms with E-state index in [1.807, 2.05) is 0 Å². The third-order valence-electron chi connectivity index (χ3n) is 4.17. The summed E-state index contributed by atoms with van der Waals surface area (Å²) in [6, 6.07) is 0.424. The maximum absolute atomic E-state index is 11.9. The molecule has 0 aromatic heterocycles. The monoisotopic (exact) mass is 251 g/mol. The molecule has 0 aromatic carbocycles. The molecule has 0 radical (unpaired) electrons. The fourth-order valence-corrected chi connectivity index (χ4v) is 3.16. The second kappa shape index (κ2) is 6.93. The van der Waals surface area contributed by atoms with Gasteiger partial charge in [0.25, 0.3) is 0 Å². The molecule has 0 aromatic rings. The Labute approximate surface area is 110 Å². The molecule has 2 aliphatic rings. The lowest BCUT2D eigenvalue weighted by Gasteiger charge is -2.39. The first kappa shape index (κ1) is 13.6. The van der Waals surface area contributed by atoms with Gasteiger partial charge in [0.05, 0.1) is 7.11 Å². The molecule has 1 aliphatic carbocycles. The number of esters is 1.